The van der Waals surface area contributed by atoms with Gasteiger partial charge in [-0.2, -0.15) is 0 Å². The maximum Gasteiger partial charge on any atom is 0.258 e. The summed E-state index contributed by atoms with van der Waals surface area (Å²) in [4.78, 5) is 29.9. The molecular weight excluding hydrogens is 456 g/mol. The first-order valence-corrected chi connectivity index (χ1v) is 10.9. The first-order chi connectivity index (χ1) is 16.0. The van der Waals surface area contributed by atoms with Crippen molar-refractivity contribution >= 4 is 51.6 Å². The summed E-state index contributed by atoms with van der Waals surface area (Å²) >= 11 is 11.0. The van der Waals surface area contributed by atoms with Gasteiger partial charge in [0.2, 0.25) is 5.91 Å². The van der Waals surface area contributed by atoms with Crippen molar-refractivity contribution < 1.29 is 9.59 Å². The zero-order valence-corrected chi connectivity index (χ0v) is 18.9. The van der Waals surface area contributed by atoms with Crippen molar-refractivity contribution in [2.75, 3.05) is 0 Å². The minimum Gasteiger partial charge on any atom is -0.298 e. The van der Waals surface area contributed by atoms with Crippen LogP contribution in [0, 0.1) is 0 Å². The second-order valence-corrected chi connectivity index (χ2v) is 8.04. The van der Waals surface area contributed by atoms with Gasteiger partial charge >= 0.3 is 0 Å². The number of rotatable bonds is 4. The monoisotopic (exact) mass is 474 g/mol. The van der Waals surface area contributed by atoms with Crippen molar-refractivity contribution in [1.29, 1.82) is 0 Å². The summed E-state index contributed by atoms with van der Waals surface area (Å²) in [6.45, 7) is 0. The van der Waals surface area contributed by atoms with Gasteiger partial charge in [-0.1, -0.05) is 72.3 Å². The van der Waals surface area contributed by atoms with E-state index in [1.165, 1.54) is 0 Å². The van der Waals surface area contributed by atoms with Crippen molar-refractivity contribution in [2.24, 2.45) is 0 Å². The van der Waals surface area contributed by atoms with E-state index in [0.717, 1.165) is 11.1 Å². The minimum atomic E-state index is -0.407. The van der Waals surface area contributed by atoms with E-state index in [1.54, 1.807) is 30.3 Å². The van der Waals surface area contributed by atoms with Gasteiger partial charge in [0.1, 0.15) is 0 Å². The second kappa shape index (κ2) is 10.2. The number of nitrogens with one attached hydrogen (secondary N) is 3. The summed E-state index contributed by atoms with van der Waals surface area (Å²) in [7, 11) is 0. The first-order valence-electron chi connectivity index (χ1n) is 10.1. The normalized spacial score (nSPS) is 10.5. The van der Waals surface area contributed by atoms with Gasteiger partial charge in [0.15, 0.2) is 5.11 Å². The molecule has 0 radical (unpaired) electrons. The topological polar surface area (TPSA) is 83.1 Å². The third-order valence-electron chi connectivity index (χ3n) is 4.85. The van der Waals surface area contributed by atoms with Crippen LogP contribution < -0.4 is 16.2 Å². The summed E-state index contributed by atoms with van der Waals surface area (Å²) in [6.07, 6.45) is 0.135. The van der Waals surface area contributed by atoms with Crippen LogP contribution >= 0.6 is 23.8 Å². The first kappa shape index (κ1) is 22.4. The van der Waals surface area contributed by atoms with E-state index in [1.807, 2.05) is 54.6 Å². The number of aromatic nitrogens is 1. The highest BCUT2D eigenvalue weighted by Crippen LogP contribution is 2.24. The Morgan fingerprint density at radius 1 is 0.879 bits per heavy atom. The molecule has 33 heavy (non-hydrogen) atoms. The lowest BCUT2D eigenvalue weighted by atomic mass is 10.0. The smallest absolute Gasteiger partial charge is 0.258 e. The molecule has 0 saturated heterocycles. The lowest BCUT2D eigenvalue weighted by molar-refractivity contribution is -0.121. The highest BCUT2D eigenvalue weighted by Gasteiger charge is 2.15. The fourth-order valence-electron chi connectivity index (χ4n) is 3.28. The lowest BCUT2D eigenvalue weighted by Crippen LogP contribution is -2.48. The molecule has 0 bridgehead atoms. The van der Waals surface area contributed by atoms with E-state index >= 15 is 0 Å². The Kier molecular flexibility index (Phi) is 6.92. The van der Waals surface area contributed by atoms with E-state index < -0.39 is 5.91 Å². The van der Waals surface area contributed by atoms with Crippen molar-refractivity contribution in [2.45, 2.75) is 6.42 Å². The van der Waals surface area contributed by atoms with Crippen LogP contribution in [-0.2, 0) is 11.2 Å². The summed E-state index contributed by atoms with van der Waals surface area (Å²) in [6, 6.07) is 25.7. The van der Waals surface area contributed by atoms with E-state index in [2.05, 4.69) is 21.2 Å². The van der Waals surface area contributed by atoms with Gasteiger partial charge in [0, 0.05) is 16.0 Å². The number of para-hydroxylation sites is 1. The predicted octanol–water partition coefficient (Wildman–Crippen LogP) is 4.43. The highest BCUT2D eigenvalue weighted by atomic mass is 35.5. The molecule has 8 heteroatoms. The van der Waals surface area contributed by atoms with E-state index in [-0.39, 0.29) is 17.4 Å². The summed E-state index contributed by atoms with van der Waals surface area (Å²) in [5, 5.41) is 3.89. The molecule has 3 aromatic carbocycles. The Balaban J connectivity index is 1.45. The molecule has 0 unspecified atom stereocenters. The van der Waals surface area contributed by atoms with Gasteiger partial charge in [-0.05, 0) is 42.0 Å². The quantitative estimate of drug-likeness (QED) is 0.301. The summed E-state index contributed by atoms with van der Waals surface area (Å²) in [5.74, 6) is -0.718. The van der Waals surface area contributed by atoms with Gasteiger partial charge in [0.25, 0.3) is 5.91 Å². The van der Waals surface area contributed by atoms with Crippen LogP contribution in [0.25, 0.3) is 22.2 Å². The largest absolute Gasteiger partial charge is 0.298 e. The van der Waals surface area contributed by atoms with Crippen LogP contribution in [-0.4, -0.2) is 21.9 Å². The average Bonchev–Trinajstić information content (AvgIpc) is 2.84. The molecule has 0 fully saturated rings. The standard InChI is InChI=1S/C25H19ClN4O2S/c26-18-12-10-16(11-13-18)14-23(31)29-30-25(33)28-24(32)20-15-22(17-6-2-1-3-7-17)27-21-9-5-4-8-19(20)21/h1-13,15H,14H2,(H,29,31)(H2,28,30,32,33). The number of hydrogen-bond donors (Lipinski definition) is 3. The Bertz CT molecular complexity index is 1330. The number of hydrogen-bond acceptors (Lipinski definition) is 4. The van der Waals surface area contributed by atoms with Crippen LogP contribution in [0.2, 0.25) is 5.02 Å². The molecule has 0 aliphatic rings. The molecule has 0 aliphatic heterocycles. The number of hydrazine groups is 1. The van der Waals surface area contributed by atoms with Crippen molar-refractivity contribution in [3.8, 4) is 11.3 Å². The van der Waals surface area contributed by atoms with Crippen molar-refractivity contribution in [3.05, 3.63) is 101 Å². The number of nitrogens with zero attached hydrogens (tertiary/aromatic N) is 1. The van der Waals surface area contributed by atoms with Crippen LogP contribution in [0.3, 0.4) is 0 Å². The number of benzene rings is 3. The van der Waals surface area contributed by atoms with Gasteiger partial charge in [-0.3, -0.25) is 25.8 Å². The zero-order valence-electron chi connectivity index (χ0n) is 17.3. The van der Waals surface area contributed by atoms with Gasteiger partial charge < -0.3 is 0 Å². The van der Waals surface area contributed by atoms with E-state index in [0.29, 0.717) is 27.2 Å². The van der Waals surface area contributed by atoms with Crippen LogP contribution in [0.15, 0.2) is 84.9 Å². The molecule has 0 aliphatic carbocycles. The Morgan fingerprint density at radius 3 is 2.33 bits per heavy atom. The van der Waals surface area contributed by atoms with Gasteiger partial charge in [-0.25, -0.2) is 4.98 Å². The molecule has 2 amide bonds. The number of thiocarbonyl (C=S) groups is 1. The molecule has 0 spiro atoms. The minimum absolute atomic E-state index is 0.0217. The molecule has 0 saturated carbocycles. The predicted molar refractivity (Wildman–Crippen MR) is 134 cm³/mol. The number of pyridine rings is 1. The zero-order chi connectivity index (χ0) is 23.2. The molecule has 3 N–H and O–H groups in total. The van der Waals surface area contributed by atoms with E-state index in [9.17, 15) is 9.59 Å². The summed E-state index contributed by atoms with van der Waals surface area (Å²) in [5.41, 5.74) is 8.54. The molecule has 164 valence electrons. The molecule has 0 atom stereocenters. The van der Waals surface area contributed by atoms with Crippen molar-refractivity contribution in [3.63, 3.8) is 0 Å². The molecule has 1 aromatic heterocycles. The number of carbonyl (C=O) groups excluding carboxylic acids is 2. The number of fused-ring (bicyclic) bond motifs is 1. The van der Waals surface area contributed by atoms with Gasteiger partial charge in [0.05, 0.1) is 23.2 Å². The SMILES string of the molecule is O=C(Cc1ccc(Cl)cc1)NNC(=S)NC(=O)c1cc(-c2ccccc2)nc2ccccc12. The highest BCUT2D eigenvalue weighted by molar-refractivity contribution is 7.80. The number of halogens is 1. The van der Waals surface area contributed by atoms with Gasteiger partial charge in [-0.15, -0.1) is 0 Å². The third kappa shape index (κ3) is 5.71. The molecule has 4 aromatic rings. The molecule has 4 rings (SSSR count). The Morgan fingerprint density at radius 2 is 1.58 bits per heavy atom. The Hall–Kier alpha value is -3.81. The Labute approximate surface area is 201 Å². The maximum atomic E-state index is 13.0. The maximum absolute atomic E-state index is 13.0. The number of amides is 2. The summed E-state index contributed by atoms with van der Waals surface area (Å²) < 4.78 is 0. The fraction of sp³-hybridized carbons (Fsp3) is 0.0400. The average molecular weight is 475 g/mol. The molecular formula is C25H19ClN4O2S. The fourth-order valence-corrected chi connectivity index (χ4v) is 3.55. The van der Waals surface area contributed by atoms with Crippen LogP contribution in [0.5, 0.6) is 0 Å². The molecule has 6 nitrogen and oxygen atoms in total. The molecule has 1 heterocycles. The third-order valence-corrected chi connectivity index (χ3v) is 5.31. The van der Waals surface area contributed by atoms with E-state index in [4.69, 9.17) is 23.8 Å². The number of carbonyl (C=O) groups is 2. The lowest BCUT2D eigenvalue weighted by Gasteiger charge is -2.13. The van der Waals surface area contributed by atoms with Crippen LogP contribution in [0.1, 0.15) is 15.9 Å². The second-order valence-electron chi connectivity index (χ2n) is 7.20. The van der Waals surface area contributed by atoms with Crippen LogP contribution in [0.4, 0.5) is 0 Å². The van der Waals surface area contributed by atoms with Crippen molar-refractivity contribution in [1.82, 2.24) is 21.2 Å².